The number of aromatic nitrogens is 1. The van der Waals surface area contributed by atoms with Crippen molar-refractivity contribution < 1.29 is 0 Å². The summed E-state index contributed by atoms with van der Waals surface area (Å²) < 4.78 is 0. The fraction of sp³-hybridized carbons (Fsp3) is 0.727. The number of nitrogens with zero attached hydrogens (tertiary/aromatic N) is 3. The number of piperazine rings is 1. The Balaban J connectivity index is 2.03. The van der Waals surface area contributed by atoms with Crippen LogP contribution in [0.25, 0.3) is 0 Å². The second kappa shape index (κ2) is 4.49. The van der Waals surface area contributed by atoms with E-state index in [2.05, 4.69) is 41.1 Å². The zero-order chi connectivity index (χ0) is 10.8. The summed E-state index contributed by atoms with van der Waals surface area (Å²) in [5.74, 6) is 1.73. The van der Waals surface area contributed by atoms with Crippen LogP contribution in [0, 0.1) is 0 Å². The van der Waals surface area contributed by atoms with Crippen molar-refractivity contribution in [3.63, 3.8) is 0 Å². The van der Waals surface area contributed by atoms with Gasteiger partial charge in [0, 0.05) is 37.5 Å². The molecule has 0 bridgehead atoms. The Labute approximate surface area is 95.7 Å². The summed E-state index contributed by atoms with van der Waals surface area (Å²) >= 11 is 1.79. The smallest absolute Gasteiger partial charge is 0.139 e. The van der Waals surface area contributed by atoms with Gasteiger partial charge in [-0.05, 0) is 7.05 Å². The first-order chi connectivity index (χ1) is 7.16. The summed E-state index contributed by atoms with van der Waals surface area (Å²) in [6, 6.07) is 0. The summed E-state index contributed by atoms with van der Waals surface area (Å²) in [6.45, 7) is 8.91. The maximum atomic E-state index is 4.68. The molecule has 1 aromatic heterocycles. The van der Waals surface area contributed by atoms with Gasteiger partial charge in [0.25, 0.3) is 0 Å². The standard InChI is InChI=1S/C11H19N3S/c1-9(2)11-12-10(8-15-11)14-6-4-13(3)5-7-14/h8-9H,4-7H2,1-3H3. The second-order valence-electron chi connectivity index (χ2n) is 4.49. The van der Waals surface area contributed by atoms with Crippen molar-refractivity contribution in [2.24, 2.45) is 0 Å². The average molecular weight is 225 g/mol. The molecule has 0 aliphatic carbocycles. The molecule has 84 valence electrons. The zero-order valence-corrected chi connectivity index (χ0v) is 10.5. The predicted molar refractivity (Wildman–Crippen MR) is 65.9 cm³/mol. The van der Waals surface area contributed by atoms with E-state index in [1.54, 1.807) is 11.3 Å². The molecule has 0 radical (unpaired) electrons. The largest absolute Gasteiger partial charge is 0.353 e. The molecule has 0 unspecified atom stereocenters. The first-order valence-electron chi connectivity index (χ1n) is 5.55. The average Bonchev–Trinajstić information content (AvgIpc) is 2.68. The lowest BCUT2D eigenvalue weighted by Gasteiger charge is -2.32. The molecule has 0 N–H and O–H groups in total. The van der Waals surface area contributed by atoms with Gasteiger partial charge in [0.05, 0.1) is 5.01 Å². The number of anilines is 1. The van der Waals surface area contributed by atoms with Crippen molar-refractivity contribution in [3.05, 3.63) is 10.4 Å². The lowest BCUT2D eigenvalue weighted by Crippen LogP contribution is -2.44. The van der Waals surface area contributed by atoms with Crippen molar-refractivity contribution in [3.8, 4) is 0 Å². The molecule has 2 rings (SSSR count). The first kappa shape index (κ1) is 10.9. The molecule has 1 aromatic rings. The fourth-order valence-corrected chi connectivity index (χ4v) is 2.57. The number of hydrogen-bond donors (Lipinski definition) is 0. The lowest BCUT2D eigenvalue weighted by molar-refractivity contribution is 0.312. The molecule has 0 saturated carbocycles. The third kappa shape index (κ3) is 2.49. The number of rotatable bonds is 2. The second-order valence-corrected chi connectivity index (χ2v) is 5.38. The molecule has 1 aliphatic rings. The lowest BCUT2D eigenvalue weighted by atomic mass is 10.2. The SMILES string of the molecule is CC(C)c1nc(N2CCN(C)CC2)cs1. The normalized spacial score (nSPS) is 18.8. The van der Waals surface area contributed by atoms with Gasteiger partial charge in [0.1, 0.15) is 5.82 Å². The first-order valence-corrected chi connectivity index (χ1v) is 6.43. The minimum atomic E-state index is 0.552. The van der Waals surface area contributed by atoms with Crippen LogP contribution in [-0.4, -0.2) is 43.1 Å². The number of thiazole rings is 1. The zero-order valence-electron chi connectivity index (χ0n) is 9.73. The minimum Gasteiger partial charge on any atom is -0.353 e. The van der Waals surface area contributed by atoms with Crippen LogP contribution in [0.3, 0.4) is 0 Å². The summed E-state index contributed by atoms with van der Waals surface area (Å²) in [7, 11) is 2.18. The molecule has 2 heterocycles. The van der Waals surface area contributed by atoms with Crippen LogP contribution in [0.2, 0.25) is 0 Å². The van der Waals surface area contributed by atoms with E-state index in [9.17, 15) is 0 Å². The van der Waals surface area contributed by atoms with Crippen molar-refractivity contribution in [1.82, 2.24) is 9.88 Å². The van der Waals surface area contributed by atoms with Crippen molar-refractivity contribution in [1.29, 1.82) is 0 Å². The predicted octanol–water partition coefficient (Wildman–Crippen LogP) is 2.02. The minimum absolute atomic E-state index is 0.552. The Morgan fingerprint density at radius 3 is 2.47 bits per heavy atom. The van der Waals surface area contributed by atoms with Gasteiger partial charge in [-0.3, -0.25) is 0 Å². The molecule has 1 saturated heterocycles. The maximum absolute atomic E-state index is 4.68. The Hall–Kier alpha value is -0.610. The Morgan fingerprint density at radius 1 is 1.27 bits per heavy atom. The van der Waals surface area contributed by atoms with Gasteiger partial charge < -0.3 is 9.80 Å². The van der Waals surface area contributed by atoms with Crippen LogP contribution in [0.5, 0.6) is 0 Å². The highest BCUT2D eigenvalue weighted by molar-refractivity contribution is 7.10. The van der Waals surface area contributed by atoms with E-state index in [1.807, 2.05) is 0 Å². The quantitative estimate of drug-likeness (QED) is 0.767. The van der Waals surface area contributed by atoms with Crippen molar-refractivity contribution in [2.75, 3.05) is 38.1 Å². The van der Waals surface area contributed by atoms with Gasteiger partial charge in [0.15, 0.2) is 0 Å². The van der Waals surface area contributed by atoms with E-state index >= 15 is 0 Å². The van der Waals surface area contributed by atoms with Crippen LogP contribution < -0.4 is 4.90 Å². The fourth-order valence-electron chi connectivity index (χ4n) is 1.72. The van der Waals surface area contributed by atoms with Crippen molar-refractivity contribution in [2.45, 2.75) is 19.8 Å². The van der Waals surface area contributed by atoms with Crippen LogP contribution in [0.15, 0.2) is 5.38 Å². The molecule has 3 nitrogen and oxygen atoms in total. The maximum Gasteiger partial charge on any atom is 0.139 e. The Morgan fingerprint density at radius 2 is 1.93 bits per heavy atom. The molecule has 4 heteroatoms. The highest BCUT2D eigenvalue weighted by Gasteiger charge is 2.17. The molecule has 0 atom stereocenters. The topological polar surface area (TPSA) is 19.4 Å². The molecular weight excluding hydrogens is 206 g/mol. The summed E-state index contributed by atoms with van der Waals surface area (Å²) in [5.41, 5.74) is 0. The van der Waals surface area contributed by atoms with Gasteiger partial charge in [0.2, 0.25) is 0 Å². The molecule has 1 fully saturated rings. The van der Waals surface area contributed by atoms with Gasteiger partial charge in [-0.15, -0.1) is 11.3 Å². The van der Waals surface area contributed by atoms with Gasteiger partial charge in [-0.25, -0.2) is 4.98 Å². The van der Waals surface area contributed by atoms with E-state index in [1.165, 1.54) is 10.8 Å². The van der Waals surface area contributed by atoms with Crippen LogP contribution in [0.1, 0.15) is 24.8 Å². The van der Waals surface area contributed by atoms with Crippen LogP contribution in [0.4, 0.5) is 5.82 Å². The molecular formula is C11H19N3S. The molecule has 15 heavy (non-hydrogen) atoms. The Bertz CT molecular complexity index is 313. The van der Waals surface area contributed by atoms with Gasteiger partial charge >= 0.3 is 0 Å². The van der Waals surface area contributed by atoms with E-state index in [0.717, 1.165) is 26.2 Å². The summed E-state index contributed by atoms with van der Waals surface area (Å²) in [4.78, 5) is 9.44. The van der Waals surface area contributed by atoms with Crippen molar-refractivity contribution >= 4 is 17.2 Å². The molecule has 0 aromatic carbocycles. The number of hydrogen-bond acceptors (Lipinski definition) is 4. The van der Waals surface area contributed by atoms with E-state index in [4.69, 9.17) is 0 Å². The summed E-state index contributed by atoms with van der Waals surface area (Å²) in [5, 5.41) is 3.45. The van der Waals surface area contributed by atoms with Crippen LogP contribution in [-0.2, 0) is 0 Å². The highest BCUT2D eigenvalue weighted by Crippen LogP contribution is 2.24. The van der Waals surface area contributed by atoms with Crippen LogP contribution >= 0.6 is 11.3 Å². The van der Waals surface area contributed by atoms with E-state index in [0.29, 0.717) is 5.92 Å². The van der Waals surface area contributed by atoms with E-state index < -0.39 is 0 Å². The molecule has 0 amide bonds. The van der Waals surface area contributed by atoms with Gasteiger partial charge in [-0.2, -0.15) is 0 Å². The Kier molecular flexibility index (Phi) is 3.26. The number of likely N-dealkylation sites (N-methyl/N-ethyl adjacent to an activating group) is 1. The monoisotopic (exact) mass is 225 g/mol. The molecule has 0 spiro atoms. The molecule has 1 aliphatic heterocycles. The summed E-state index contributed by atoms with van der Waals surface area (Å²) in [6.07, 6.45) is 0. The highest BCUT2D eigenvalue weighted by atomic mass is 32.1. The van der Waals surface area contributed by atoms with Gasteiger partial charge in [-0.1, -0.05) is 13.8 Å². The third-order valence-corrected chi connectivity index (χ3v) is 3.96. The third-order valence-electron chi connectivity index (χ3n) is 2.83. The van der Waals surface area contributed by atoms with E-state index in [-0.39, 0.29) is 0 Å².